The number of ether oxygens (including phenoxy) is 1. The van der Waals surface area contributed by atoms with Gasteiger partial charge >= 0.3 is 0 Å². The molecule has 1 fully saturated rings. The molecular formula is C12H17N5O. The Kier molecular flexibility index (Phi) is 2.66. The first-order valence-corrected chi connectivity index (χ1v) is 6.21. The van der Waals surface area contributed by atoms with Crippen molar-refractivity contribution in [3.63, 3.8) is 0 Å². The maximum atomic E-state index is 5.94. The van der Waals surface area contributed by atoms with E-state index >= 15 is 0 Å². The largest absolute Gasteiger partial charge is 0.371 e. The van der Waals surface area contributed by atoms with Crippen LogP contribution in [0, 0.1) is 5.92 Å². The predicted molar refractivity (Wildman–Crippen MR) is 68.2 cm³/mol. The van der Waals surface area contributed by atoms with Crippen molar-refractivity contribution in [2.45, 2.75) is 32.6 Å². The van der Waals surface area contributed by atoms with Crippen LogP contribution in [-0.4, -0.2) is 32.7 Å². The zero-order valence-corrected chi connectivity index (χ0v) is 10.8. The standard InChI is InChI=1S/C12H17N5O/c1-7-4-9(18-8(7)2)17-6-16-10-11(13-3)14-5-15-12(10)17/h5-9H,4H2,1-3H3,(H,13,14,15)/t7-,8+,9+/m0/s1. The topological polar surface area (TPSA) is 64.9 Å². The highest BCUT2D eigenvalue weighted by atomic mass is 16.5. The van der Waals surface area contributed by atoms with Crippen LogP contribution in [-0.2, 0) is 4.74 Å². The van der Waals surface area contributed by atoms with Crippen LogP contribution in [0.2, 0.25) is 0 Å². The number of hydrogen-bond acceptors (Lipinski definition) is 5. The third-order valence-electron chi connectivity index (χ3n) is 3.65. The highest BCUT2D eigenvalue weighted by molar-refractivity contribution is 5.82. The lowest BCUT2D eigenvalue weighted by atomic mass is 10.1. The van der Waals surface area contributed by atoms with E-state index in [1.54, 1.807) is 12.7 Å². The molecule has 18 heavy (non-hydrogen) atoms. The first-order valence-electron chi connectivity index (χ1n) is 6.21. The second-order valence-corrected chi connectivity index (χ2v) is 4.81. The Bertz CT molecular complexity index is 557. The van der Waals surface area contributed by atoms with Crippen LogP contribution >= 0.6 is 0 Å². The van der Waals surface area contributed by atoms with Crippen LogP contribution in [0.1, 0.15) is 26.5 Å². The fourth-order valence-corrected chi connectivity index (χ4v) is 2.37. The minimum atomic E-state index is 0.0274. The Morgan fingerprint density at radius 1 is 1.33 bits per heavy atom. The second kappa shape index (κ2) is 4.20. The van der Waals surface area contributed by atoms with Gasteiger partial charge in [0.2, 0.25) is 0 Å². The van der Waals surface area contributed by atoms with Gasteiger partial charge in [0.15, 0.2) is 11.5 Å². The number of rotatable bonds is 2. The van der Waals surface area contributed by atoms with Crippen molar-refractivity contribution < 1.29 is 4.74 Å². The molecule has 6 nitrogen and oxygen atoms in total. The molecule has 1 saturated heterocycles. The van der Waals surface area contributed by atoms with E-state index in [0.29, 0.717) is 5.92 Å². The van der Waals surface area contributed by atoms with E-state index in [9.17, 15) is 0 Å². The smallest absolute Gasteiger partial charge is 0.167 e. The lowest BCUT2D eigenvalue weighted by Crippen LogP contribution is -2.09. The van der Waals surface area contributed by atoms with Crippen LogP contribution in [0.25, 0.3) is 11.2 Å². The summed E-state index contributed by atoms with van der Waals surface area (Å²) in [5, 5.41) is 3.02. The summed E-state index contributed by atoms with van der Waals surface area (Å²) in [4.78, 5) is 12.8. The summed E-state index contributed by atoms with van der Waals surface area (Å²) in [6, 6.07) is 0. The van der Waals surface area contributed by atoms with E-state index in [0.717, 1.165) is 23.4 Å². The van der Waals surface area contributed by atoms with Crippen LogP contribution in [0.15, 0.2) is 12.7 Å². The van der Waals surface area contributed by atoms with Crippen molar-refractivity contribution >= 4 is 17.0 Å². The highest BCUT2D eigenvalue weighted by Crippen LogP contribution is 2.34. The second-order valence-electron chi connectivity index (χ2n) is 4.81. The first kappa shape index (κ1) is 11.4. The summed E-state index contributed by atoms with van der Waals surface area (Å²) in [6.07, 6.45) is 4.63. The van der Waals surface area contributed by atoms with Gasteiger partial charge in [-0.25, -0.2) is 15.0 Å². The number of imidazole rings is 1. The summed E-state index contributed by atoms with van der Waals surface area (Å²) >= 11 is 0. The van der Waals surface area contributed by atoms with E-state index in [1.807, 2.05) is 11.6 Å². The van der Waals surface area contributed by atoms with Crippen molar-refractivity contribution in [1.29, 1.82) is 0 Å². The molecular weight excluding hydrogens is 230 g/mol. The lowest BCUT2D eigenvalue weighted by Gasteiger charge is -2.12. The monoisotopic (exact) mass is 247 g/mol. The van der Waals surface area contributed by atoms with Gasteiger partial charge in [0, 0.05) is 7.05 Å². The SMILES string of the molecule is CNc1ncnc2c1ncn2[C@H]1C[C@H](C)[C@@H](C)O1. The highest BCUT2D eigenvalue weighted by Gasteiger charge is 2.31. The van der Waals surface area contributed by atoms with Gasteiger partial charge in [-0.2, -0.15) is 0 Å². The molecule has 0 spiro atoms. The molecule has 0 aromatic carbocycles. The number of hydrogen-bond donors (Lipinski definition) is 1. The van der Waals surface area contributed by atoms with Gasteiger partial charge in [0.1, 0.15) is 18.1 Å². The van der Waals surface area contributed by atoms with Crippen molar-refractivity contribution in [3.05, 3.63) is 12.7 Å². The molecule has 6 heteroatoms. The average Bonchev–Trinajstić information content (AvgIpc) is 2.93. The number of nitrogens with one attached hydrogen (secondary N) is 1. The number of anilines is 1. The van der Waals surface area contributed by atoms with E-state index in [2.05, 4.69) is 34.1 Å². The van der Waals surface area contributed by atoms with Crippen molar-refractivity contribution in [1.82, 2.24) is 19.5 Å². The Labute approximate surface area is 105 Å². The summed E-state index contributed by atoms with van der Waals surface area (Å²) in [7, 11) is 1.83. The van der Waals surface area contributed by atoms with Gasteiger partial charge < -0.3 is 10.1 Å². The first-order chi connectivity index (χ1) is 8.70. The summed E-state index contributed by atoms with van der Waals surface area (Å²) in [5.74, 6) is 1.30. The Balaban J connectivity index is 2.03. The van der Waals surface area contributed by atoms with E-state index < -0.39 is 0 Å². The maximum Gasteiger partial charge on any atom is 0.167 e. The van der Waals surface area contributed by atoms with Gasteiger partial charge in [-0.1, -0.05) is 6.92 Å². The zero-order chi connectivity index (χ0) is 12.7. The van der Waals surface area contributed by atoms with Crippen molar-refractivity contribution in [2.24, 2.45) is 5.92 Å². The van der Waals surface area contributed by atoms with Crippen molar-refractivity contribution in [2.75, 3.05) is 12.4 Å². The van der Waals surface area contributed by atoms with Crippen LogP contribution in [0.4, 0.5) is 5.82 Å². The maximum absolute atomic E-state index is 5.94. The van der Waals surface area contributed by atoms with E-state index in [4.69, 9.17) is 4.74 Å². The van der Waals surface area contributed by atoms with Gasteiger partial charge in [-0.3, -0.25) is 4.57 Å². The van der Waals surface area contributed by atoms with Gasteiger partial charge in [0.05, 0.1) is 12.4 Å². The Morgan fingerprint density at radius 3 is 2.83 bits per heavy atom. The predicted octanol–water partition coefficient (Wildman–Crippen LogP) is 1.81. The van der Waals surface area contributed by atoms with Crippen LogP contribution in [0.3, 0.4) is 0 Å². The summed E-state index contributed by atoms with van der Waals surface area (Å²) < 4.78 is 7.94. The normalized spacial score (nSPS) is 27.8. The molecule has 0 aliphatic carbocycles. The molecule has 1 aliphatic heterocycles. The lowest BCUT2D eigenvalue weighted by molar-refractivity contribution is 0.00797. The van der Waals surface area contributed by atoms with Crippen LogP contribution < -0.4 is 5.32 Å². The van der Waals surface area contributed by atoms with Crippen molar-refractivity contribution in [3.8, 4) is 0 Å². The molecule has 0 bridgehead atoms. The summed E-state index contributed by atoms with van der Waals surface area (Å²) in [5.41, 5.74) is 1.61. The molecule has 96 valence electrons. The molecule has 3 rings (SSSR count). The molecule has 2 aromatic rings. The molecule has 0 unspecified atom stereocenters. The fourth-order valence-electron chi connectivity index (χ4n) is 2.37. The molecule has 3 atom stereocenters. The molecule has 0 saturated carbocycles. The molecule has 0 radical (unpaired) electrons. The quantitative estimate of drug-likeness (QED) is 0.876. The van der Waals surface area contributed by atoms with Gasteiger partial charge in [0.25, 0.3) is 0 Å². The Hall–Kier alpha value is -1.69. The zero-order valence-electron chi connectivity index (χ0n) is 10.8. The van der Waals surface area contributed by atoms with Gasteiger partial charge in [-0.05, 0) is 19.3 Å². The van der Waals surface area contributed by atoms with Gasteiger partial charge in [-0.15, -0.1) is 0 Å². The number of nitrogens with zero attached hydrogens (tertiary/aromatic N) is 4. The molecule has 3 heterocycles. The van der Waals surface area contributed by atoms with Crippen LogP contribution in [0.5, 0.6) is 0 Å². The van der Waals surface area contributed by atoms with E-state index in [-0.39, 0.29) is 12.3 Å². The molecule has 1 aliphatic rings. The number of fused-ring (bicyclic) bond motifs is 1. The molecule has 2 aromatic heterocycles. The minimum absolute atomic E-state index is 0.0274. The summed E-state index contributed by atoms with van der Waals surface area (Å²) in [6.45, 7) is 4.32. The fraction of sp³-hybridized carbons (Fsp3) is 0.583. The number of aromatic nitrogens is 4. The Morgan fingerprint density at radius 2 is 2.17 bits per heavy atom. The third kappa shape index (κ3) is 1.64. The third-order valence-corrected chi connectivity index (χ3v) is 3.65. The molecule has 0 amide bonds. The molecule has 1 N–H and O–H groups in total. The van der Waals surface area contributed by atoms with E-state index in [1.165, 1.54) is 0 Å². The average molecular weight is 247 g/mol. The minimum Gasteiger partial charge on any atom is -0.371 e.